The maximum absolute atomic E-state index is 15.5. The van der Waals surface area contributed by atoms with Gasteiger partial charge in [0.05, 0.1) is 12.3 Å². The Morgan fingerprint density at radius 1 is 1.14 bits per heavy atom. The number of rotatable bonds is 8. The number of hydrogen-bond donors (Lipinski definition) is 4. The molecule has 1 atom stereocenters. The zero-order valence-electron chi connectivity index (χ0n) is 19.7. The summed E-state index contributed by atoms with van der Waals surface area (Å²) < 4.78 is 17.2. The van der Waals surface area contributed by atoms with Gasteiger partial charge in [0, 0.05) is 37.4 Å². The number of nitrogens with one attached hydrogen (secondary N) is 2. The number of carbonyl (C=O) groups is 1. The summed E-state index contributed by atoms with van der Waals surface area (Å²) in [5.41, 5.74) is 11.5. The molecule has 36 heavy (non-hydrogen) atoms. The van der Waals surface area contributed by atoms with Crippen molar-refractivity contribution >= 4 is 5.78 Å². The molecule has 0 saturated carbocycles. The van der Waals surface area contributed by atoms with Crippen LogP contribution in [-0.4, -0.2) is 33.6 Å². The smallest absolute Gasteiger partial charge is 0.203 e. The Bertz CT molecular complexity index is 1400. The minimum Gasteiger partial charge on any atom is -0.395 e. The van der Waals surface area contributed by atoms with Crippen LogP contribution in [0.1, 0.15) is 38.9 Å². The topological polar surface area (TPSA) is 105 Å². The number of nitrogens with zero attached hydrogens (tertiary/aromatic N) is 2. The zero-order valence-corrected chi connectivity index (χ0v) is 19.7. The Kier molecular flexibility index (Phi) is 7.02. The lowest BCUT2D eigenvalue weighted by Gasteiger charge is -2.24. The summed E-state index contributed by atoms with van der Waals surface area (Å²) in [7, 11) is 0. The van der Waals surface area contributed by atoms with E-state index in [1.165, 1.54) is 6.07 Å². The van der Waals surface area contributed by atoms with E-state index in [0.717, 1.165) is 27.9 Å². The van der Waals surface area contributed by atoms with E-state index >= 15 is 4.39 Å². The van der Waals surface area contributed by atoms with Crippen LogP contribution < -0.4 is 16.4 Å². The molecular weight excluding hydrogens is 457 g/mol. The summed E-state index contributed by atoms with van der Waals surface area (Å²) in [5, 5.41) is 15.4. The molecule has 2 heterocycles. The van der Waals surface area contributed by atoms with Crippen LogP contribution in [-0.2, 0) is 19.6 Å². The number of Topliss-reactive ketones (excluding diaryl/α,β-unsaturated/α-hetero) is 1. The van der Waals surface area contributed by atoms with Crippen LogP contribution >= 0.6 is 0 Å². The number of benzene rings is 3. The molecule has 1 aromatic heterocycles. The van der Waals surface area contributed by atoms with Crippen molar-refractivity contribution in [2.24, 2.45) is 5.73 Å². The van der Waals surface area contributed by atoms with Gasteiger partial charge in [-0.2, -0.15) is 0 Å². The lowest BCUT2D eigenvalue weighted by atomic mass is 9.92. The molecule has 3 aromatic carbocycles. The molecule has 0 spiro atoms. The van der Waals surface area contributed by atoms with Crippen LogP contribution in [0.15, 0.2) is 73.1 Å². The number of aromatic nitrogens is 2. The maximum Gasteiger partial charge on any atom is 0.203 e. The van der Waals surface area contributed by atoms with E-state index in [4.69, 9.17) is 10.8 Å². The van der Waals surface area contributed by atoms with Crippen LogP contribution in [0.4, 0.5) is 4.39 Å². The minimum absolute atomic E-state index is 0.0486. The summed E-state index contributed by atoms with van der Waals surface area (Å²) in [6, 6.07) is 19.6. The highest BCUT2D eigenvalue weighted by atomic mass is 19.1. The van der Waals surface area contributed by atoms with Crippen molar-refractivity contribution in [2.45, 2.75) is 25.7 Å². The quantitative estimate of drug-likeness (QED) is 0.286. The van der Waals surface area contributed by atoms with Crippen molar-refractivity contribution in [3.8, 4) is 16.8 Å². The Hall–Kier alpha value is -3.69. The van der Waals surface area contributed by atoms with Gasteiger partial charge in [0.2, 0.25) is 5.78 Å². The zero-order chi connectivity index (χ0) is 25.1. The normalized spacial score (nSPS) is 15.2. The molecule has 0 radical (unpaired) electrons. The van der Waals surface area contributed by atoms with Crippen molar-refractivity contribution in [3.05, 3.63) is 107 Å². The first-order valence-corrected chi connectivity index (χ1v) is 11.9. The molecule has 7 nitrogen and oxygen atoms in total. The van der Waals surface area contributed by atoms with Crippen LogP contribution in [0.3, 0.4) is 0 Å². The number of nitrogens with two attached hydrogens (primary N) is 1. The Morgan fingerprint density at radius 2 is 2.00 bits per heavy atom. The van der Waals surface area contributed by atoms with E-state index in [2.05, 4.69) is 15.6 Å². The van der Waals surface area contributed by atoms with Crippen LogP contribution in [0.5, 0.6) is 0 Å². The average molecular weight is 486 g/mol. The molecule has 0 amide bonds. The van der Waals surface area contributed by atoms with E-state index in [-0.39, 0.29) is 12.4 Å². The van der Waals surface area contributed by atoms with Gasteiger partial charge >= 0.3 is 0 Å². The number of fused-ring (bicyclic) bond motifs is 1. The molecule has 0 aliphatic carbocycles. The molecule has 0 fully saturated rings. The van der Waals surface area contributed by atoms with Gasteiger partial charge in [0.25, 0.3) is 0 Å². The first kappa shape index (κ1) is 24.0. The number of aliphatic hydroxyl groups is 1. The molecule has 1 unspecified atom stereocenters. The third-order valence-corrected chi connectivity index (χ3v) is 6.48. The Balaban J connectivity index is 1.45. The SMILES string of the molecule is NCc1cccc(-n2cnc3c2C(=O)C(c2ccc(-c4ccccc4CNCCO)cc2F)NC3)c1. The van der Waals surface area contributed by atoms with Crippen LogP contribution in [0, 0.1) is 5.82 Å². The Labute approximate surface area is 208 Å². The van der Waals surface area contributed by atoms with E-state index < -0.39 is 11.9 Å². The fourth-order valence-corrected chi connectivity index (χ4v) is 4.67. The maximum atomic E-state index is 15.5. The molecule has 5 N–H and O–H groups in total. The standard InChI is InChI=1S/C28H28FN5O2/c29-24-13-19(22-7-2-1-5-20(22)15-31-10-11-35)8-9-23(24)26-28(36)27-25(16-32-26)33-17-34(27)21-6-3-4-18(12-21)14-30/h1-9,12-13,17,26,31-32,35H,10-11,14-16,30H2. The number of hydrogen-bond acceptors (Lipinski definition) is 6. The van der Waals surface area contributed by atoms with E-state index in [9.17, 15) is 4.79 Å². The summed E-state index contributed by atoms with van der Waals surface area (Å²) in [6.45, 7) is 1.83. The second-order valence-corrected chi connectivity index (χ2v) is 8.76. The lowest BCUT2D eigenvalue weighted by molar-refractivity contribution is 0.0920. The van der Waals surface area contributed by atoms with Gasteiger partial charge in [0.1, 0.15) is 23.9 Å². The summed E-state index contributed by atoms with van der Waals surface area (Å²) in [5.74, 6) is -0.678. The second kappa shape index (κ2) is 10.5. The summed E-state index contributed by atoms with van der Waals surface area (Å²) in [4.78, 5) is 18.0. The molecule has 5 rings (SSSR count). The van der Waals surface area contributed by atoms with Gasteiger partial charge in [-0.15, -0.1) is 0 Å². The molecule has 0 saturated heterocycles. The average Bonchev–Trinajstić information content (AvgIpc) is 3.35. The molecule has 184 valence electrons. The summed E-state index contributed by atoms with van der Waals surface area (Å²) >= 11 is 0. The predicted molar refractivity (Wildman–Crippen MR) is 136 cm³/mol. The fraction of sp³-hybridized carbons (Fsp3) is 0.214. The number of carbonyl (C=O) groups excluding carboxylic acids is 1. The second-order valence-electron chi connectivity index (χ2n) is 8.76. The molecular formula is C28H28FN5O2. The number of imidazole rings is 1. The molecule has 4 aromatic rings. The van der Waals surface area contributed by atoms with Gasteiger partial charge in [-0.25, -0.2) is 9.37 Å². The minimum atomic E-state index is -0.818. The highest BCUT2D eigenvalue weighted by Crippen LogP contribution is 2.32. The fourth-order valence-electron chi connectivity index (χ4n) is 4.67. The first-order valence-electron chi connectivity index (χ1n) is 11.9. The molecule has 0 bridgehead atoms. The first-order chi connectivity index (χ1) is 17.6. The third kappa shape index (κ3) is 4.59. The van der Waals surface area contributed by atoms with Crippen molar-refractivity contribution in [3.63, 3.8) is 0 Å². The molecule has 1 aliphatic heterocycles. The molecule has 8 heteroatoms. The van der Waals surface area contributed by atoms with Gasteiger partial charge in [-0.1, -0.05) is 48.5 Å². The Morgan fingerprint density at radius 3 is 2.81 bits per heavy atom. The summed E-state index contributed by atoms with van der Waals surface area (Å²) in [6.07, 6.45) is 1.63. The van der Waals surface area contributed by atoms with Gasteiger partial charge in [-0.3, -0.25) is 14.7 Å². The predicted octanol–water partition coefficient (Wildman–Crippen LogP) is 3.25. The number of ketones is 1. The number of aliphatic hydroxyl groups excluding tert-OH is 1. The van der Waals surface area contributed by atoms with Gasteiger partial charge < -0.3 is 16.2 Å². The van der Waals surface area contributed by atoms with E-state index in [0.29, 0.717) is 43.1 Å². The van der Waals surface area contributed by atoms with Crippen LogP contribution in [0.25, 0.3) is 16.8 Å². The van der Waals surface area contributed by atoms with E-state index in [1.54, 1.807) is 17.0 Å². The number of halogens is 1. The van der Waals surface area contributed by atoms with Crippen molar-refractivity contribution in [2.75, 3.05) is 13.2 Å². The van der Waals surface area contributed by atoms with E-state index in [1.807, 2.05) is 54.6 Å². The van der Waals surface area contributed by atoms with Crippen LogP contribution in [0.2, 0.25) is 0 Å². The van der Waals surface area contributed by atoms with Gasteiger partial charge in [0.15, 0.2) is 0 Å². The molecule has 1 aliphatic rings. The van der Waals surface area contributed by atoms with Crippen molar-refractivity contribution < 1.29 is 14.3 Å². The van der Waals surface area contributed by atoms with Crippen molar-refractivity contribution in [1.29, 1.82) is 0 Å². The van der Waals surface area contributed by atoms with Gasteiger partial charge in [-0.05, 0) is 40.5 Å². The highest BCUT2D eigenvalue weighted by molar-refractivity contribution is 6.01. The van der Waals surface area contributed by atoms with Crippen molar-refractivity contribution in [1.82, 2.24) is 20.2 Å². The largest absolute Gasteiger partial charge is 0.395 e. The lowest BCUT2D eigenvalue weighted by Crippen LogP contribution is -2.36. The highest BCUT2D eigenvalue weighted by Gasteiger charge is 2.34. The third-order valence-electron chi connectivity index (χ3n) is 6.48. The monoisotopic (exact) mass is 485 g/mol.